The Kier molecular flexibility index (Phi) is 6.32. The lowest BCUT2D eigenvalue weighted by Crippen LogP contribution is -2.24. The molecule has 3 aliphatic rings. The minimum Gasteiger partial charge on any atom is -0.176 e. The van der Waals surface area contributed by atoms with Crippen molar-refractivity contribution in [2.24, 2.45) is 23.7 Å². The van der Waals surface area contributed by atoms with Gasteiger partial charge in [0.2, 0.25) is 0 Å². The lowest BCUT2D eigenvalue weighted by molar-refractivity contribution is 0.208. The highest BCUT2D eigenvalue weighted by atomic mass is 32.1. The van der Waals surface area contributed by atoms with Gasteiger partial charge in [0.1, 0.15) is 0 Å². The van der Waals surface area contributed by atoms with Crippen molar-refractivity contribution in [1.82, 2.24) is 0 Å². The van der Waals surface area contributed by atoms with Gasteiger partial charge in [0.05, 0.1) is 15.7 Å². The highest BCUT2D eigenvalue weighted by Gasteiger charge is 2.34. The summed E-state index contributed by atoms with van der Waals surface area (Å²) in [5.41, 5.74) is 0. The maximum atomic E-state index is 6.55. The van der Waals surface area contributed by atoms with Crippen LogP contribution >= 0.6 is 12.6 Å². The summed E-state index contributed by atoms with van der Waals surface area (Å²) in [5, 5.41) is 0.644. The standard InChI is InChI=1S/C19H32B2S/c20-17-5-1-3-13(9-17)15-7-8-16(11-18(21)10-15)14-4-2-6-19(22)12-14/h13-19,22H,1-12H2. The number of hydrogen-bond acceptors (Lipinski definition) is 1. The first-order valence-electron chi connectivity index (χ1n) is 9.81. The zero-order valence-corrected chi connectivity index (χ0v) is 15.0. The summed E-state index contributed by atoms with van der Waals surface area (Å²) in [6, 6.07) is 0. The van der Waals surface area contributed by atoms with E-state index in [1.165, 1.54) is 77.0 Å². The largest absolute Gasteiger partial charge is 0.176 e. The van der Waals surface area contributed by atoms with Gasteiger partial charge in [0, 0.05) is 5.25 Å². The molecule has 3 heteroatoms. The summed E-state index contributed by atoms with van der Waals surface area (Å²) < 4.78 is 0. The molecular formula is C19H32B2S. The van der Waals surface area contributed by atoms with Crippen LogP contribution in [0, 0.1) is 23.7 Å². The summed E-state index contributed by atoms with van der Waals surface area (Å²) in [5.74, 6) is 4.36. The molecule has 0 heterocycles. The molecule has 0 spiro atoms. The van der Waals surface area contributed by atoms with Crippen LogP contribution in [0.25, 0.3) is 0 Å². The maximum Gasteiger partial charge on any atom is 0.0699 e. The summed E-state index contributed by atoms with van der Waals surface area (Å²) >= 11 is 4.76. The lowest BCUT2D eigenvalue weighted by atomic mass is 9.65. The average molecular weight is 314 g/mol. The van der Waals surface area contributed by atoms with Gasteiger partial charge < -0.3 is 0 Å². The van der Waals surface area contributed by atoms with Crippen molar-refractivity contribution >= 4 is 28.3 Å². The van der Waals surface area contributed by atoms with E-state index < -0.39 is 0 Å². The first-order chi connectivity index (χ1) is 10.6. The van der Waals surface area contributed by atoms with Crippen LogP contribution in [0.1, 0.15) is 77.0 Å². The zero-order valence-electron chi connectivity index (χ0n) is 14.1. The first-order valence-corrected chi connectivity index (χ1v) is 10.3. The number of hydrogen-bond donors (Lipinski definition) is 1. The number of rotatable bonds is 2. The van der Waals surface area contributed by atoms with Crippen LogP contribution in [0.4, 0.5) is 0 Å². The van der Waals surface area contributed by atoms with E-state index in [1.54, 1.807) is 0 Å². The van der Waals surface area contributed by atoms with E-state index in [-0.39, 0.29) is 0 Å². The smallest absolute Gasteiger partial charge is 0.0699 e. The van der Waals surface area contributed by atoms with Crippen LogP contribution in [0.15, 0.2) is 0 Å². The van der Waals surface area contributed by atoms with Gasteiger partial charge >= 0.3 is 0 Å². The Bertz CT molecular complexity index is 316. The summed E-state index contributed by atoms with van der Waals surface area (Å²) in [4.78, 5) is 0. The fourth-order valence-electron chi connectivity index (χ4n) is 5.72. The normalized spacial score (nSPS) is 47.8. The van der Waals surface area contributed by atoms with Crippen molar-refractivity contribution in [3.8, 4) is 0 Å². The molecule has 22 heavy (non-hydrogen) atoms. The van der Waals surface area contributed by atoms with Gasteiger partial charge in [0.15, 0.2) is 0 Å². The molecule has 7 unspecified atom stereocenters. The molecular weight excluding hydrogens is 282 g/mol. The monoisotopic (exact) mass is 314 g/mol. The minimum absolute atomic E-state index is 0.427. The van der Waals surface area contributed by atoms with Crippen LogP contribution in [0.5, 0.6) is 0 Å². The van der Waals surface area contributed by atoms with Crippen LogP contribution in [0.2, 0.25) is 11.6 Å². The SMILES string of the molecule is [B]C1CCCC(C2CCC(C3CCCC(S)C3)CC([B])C2)C1. The second kappa shape index (κ2) is 8.04. The third kappa shape index (κ3) is 4.52. The van der Waals surface area contributed by atoms with E-state index >= 15 is 0 Å². The van der Waals surface area contributed by atoms with E-state index in [4.69, 9.17) is 28.3 Å². The molecule has 0 aromatic heterocycles. The van der Waals surface area contributed by atoms with Crippen LogP contribution < -0.4 is 0 Å². The maximum absolute atomic E-state index is 6.55. The molecule has 3 aliphatic carbocycles. The van der Waals surface area contributed by atoms with Gasteiger partial charge in [-0.3, -0.25) is 0 Å². The number of thiol groups is 1. The van der Waals surface area contributed by atoms with E-state index in [2.05, 4.69) is 0 Å². The summed E-state index contributed by atoms with van der Waals surface area (Å²) in [6.07, 6.45) is 16.0. The Morgan fingerprint density at radius 1 is 0.545 bits per heavy atom. The molecule has 3 fully saturated rings. The van der Waals surface area contributed by atoms with Crippen molar-refractivity contribution in [3.63, 3.8) is 0 Å². The Hall–Kier alpha value is 0.480. The van der Waals surface area contributed by atoms with E-state index in [0.717, 1.165) is 23.7 Å². The quantitative estimate of drug-likeness (QED) is 0.394. The molecule has 0 N–H and O–H groups in total. The van der Waals surface area contributed by atoms with E-state index in [1.807, 2.05) is 0 Å². The average Bonchev–Trinajstić information content (AvgIpc) is 2.69. The molecule has 0 bridgehead atoms. The van der Waals surface area contributed by atoms with E-state index in [9.17, 15) is 0 Å². The molecule has 120 valence electrons. The fourth-order valence-corrected chi connectivity index (χ4v) is 6.17. The highest BCUT2D eigenvalue weighted by Crippen LogP contribution is 2.47. The Labute approximate surface area is 146 Å². The molecule has 0 amide bonds. The fraction of sp³-hybridized carbons (Fsp3) is 1.00. The molecule has 0 saturated heterocycles. The minimum atomic E-state index is 0.427. The summed E-state index contributed by atoms with van der Waals surface area (Å²) in [7, 11) is 12.8. The van der Waals surface area contributed by atoms with Gasteiger partial charge in [-0.25, -0.2) is 0 Å². The van der Waals surface area contributed by atoms with Crippen LogP contribution in [-0.4, -0.2) is 20.9 Å². The van der Waals surface area contributed by atoms with Gasteiger partial charge in [-0.05, 0) is 49.4 Å². The van der Waals surface area contributed by atoms with Crippen molar-refractivity contribution in [1.29, 1.82) is 0 Å². The molecule has 0 aromatic rings. The van der Waals surface area contributed by atoms with Crippen molar-refractivity contribution in [2.45, 2.75) is 93.9 Å². The molecule has 7 atom stereocenters. The molecule has 3 rings (SSSR count). The van der Waals surface area contributed by atoms with Gasteiger partial charge in [-0.1, -0.05) is 63.0 Å². The second-order valence-electron chi connectivity index (χ2n) is 8.60. The Balaban J connectivity index is 1.57. The third-order valence-electron chi connectivity index (χ3n) is 6.89. The van der Waals surface area contributed by atoms with E-state index in [0.29, 0.717) is 16.9 Å². The van der Waals surface area contributed by atoms with Gasteiger partial charge in [0.25, 0.3) is 0 Å². The zero-order chi connectivity index (χ0) is 15.5. The van der Waals surface area contributed by atoms with Gasteiger partial charge in [-0.15, -0.1) is 0 Å². The van der Waals surface area contributed by atoms with Crippen molar-refractivity contribution < 1.29 is 0 Å². The van der Waals surface area contributed by atoms with Crippen molar-refractivity contribution in [2.75, 3.05) is 0 Å². The first kappa shape index (κ1) is 17.3. The van der Waals surface area contributed by atoms with Gasteiger partial charge in [-0.2, -0.15) is 12.6 Å². The predicted molar refractivity (Wildman–Crippen MR) is 101 cm³/mol. The molecule has 4 radical (unpaired) electrons. The molecule has 0 aliphatic heterocycles. The lowest BCUT2D eigenvalue weighted by Gasteiger charge is -2.34. The molecule has 3 saturated carbocycles. The van der Waals surface area contributed by atoms with Crippen LogP contribution in [-0.2, 0) is 0 Å². The van der Waals surface area contributed by atoms with Crippen LogP contribution in [0.3, 0.4) is 0 Å². The molecule has 0 aromatic carbocycles. The topological polar surface area (TPSA) is 0 Å². The highest BCUT2D eigenvalue weighted by molar-refractivity contribution is 7.80. The van der Waals surface area contributed by atoms with Crippen molar-refractivity contribution in [3.05, 3.63) is 0 Å². The Morgan fingerprint density at radius 2 is 1.05 bits per heavy atom. The third-order valence-corrected chi connectivity index (χ3v) is 7.36. The molecule has 0 nitrogen and oxygen atoms in total. The Morgan fingerprint density at radius 3 is 1.64 bits per heavy atom. The summed E-state index contributed by atoms with van der Waals surface area (Å²) in [6.45, 7) is 0. The second-order valence-corrected chi connectivity index (χ2v) is 9.33. The predicted octanol–water partition coefficient (Wildman–Crippen LogP) is 5.39.